The third kappa shape index (κ3) is 1.75. The Hall–Kier alpha value is -2.11. The van der Waals surface area contributed by atoms with Crippen LogP contribution in [0.4, 0.5) is 0 Å². The summed E-state index contributed by atoms with van der Waals surface area (Å²) < 4.78 is 6.96. The lowest BCUT2D eigenvalue weighted by Gasteiger charge is -2.55. The van der Waals surface area contributed by atoms with Gasteiger partial charge in [-0.05, 0) is 24.5 Å². The number of carbonyl (C=O) groups excluding carboxylic acids is 1. The summed E-state index contributed by atoms with van der Waals surface area (Å²) in [6.07, 6.45) is 6.57. The second-order valence-corrected chi connectivity index (χ2v) is 7.84. The van der Waals surface area contributed by atoms with Gasteiger partial charge < -0.3 is 14.4 Å². The molecule has 0 bridgehead atoms. The number of fused-ring (bicyclic) bond motifs is 3. The van der Waals surface area contributed by atoms with E-state index in [0.29, 0.717) is 6.42 Å². The van der Waals surface area contributed by atoms with Crippen LogP contribution >= 0.6 is 0 Å². The van der Waals surface area contributed by atoms with Crippen LogP contribution in [0.1, 0.15) is 37.1 Å². The van der Waals surface area contributed by atoms with Gasteiger partial charge in [-0.25, -0.2) is 4.79 Å². The van der Waals surface area contributed by atoms with Crippen molar-refractivity contribution in [2.24, 2.45) is 5.41 Å². The minimum atomic E-state index is -1.68. The maximum absolute atomic E-state index is 12.8. The molecule has 3 aliphatic rings. The molecular weight excluding hydrogens is 328 g/mol. The van der Waals surface area contributed by atoms with Crippen molar-refractivity contribution in [1.82, 2.24) is 9.47 Å². The lowest BCUT2D eigenvalue weighted by molar-refractivity contribution is -0.187. The standard InChI is InChI=1S/C21H24N2O3/c1-3-20-10-6-11-22-12-9-15-14-7-4-5-8-16(14)23(17(15)18(20)22)21(25,13-20)19(24)26-2/h4-8,10,18,25H,3,9,11-13H2,1-2H3/t18-,20-,21+/m0/s1. The van der Waals surface area contributed by atoms with Gasteiger partial charge in [-0.3, -0.25) is 4.90 Å². The van der Waals surface area contributed by atoms with Gasteiger partial charge >= 0.3 is 5.97 Å². The highest BCUT2D eigenvalue weighted by Crippen LogP contribution is 2.58. The quantitative estimate of drug-likeness (QED) is 0.667. The Kier molecular flexibility index (Phi) is 3.22. The summed E-state index contributed by atoms with van der Waals surface area (Å²) in [6.45, 7) is 4.08. The lowest BCUT2D eigenvalue weighted by atomic mass is 9.64. The second-order valence-electron chi connectivity index (χ2n) is 7.84. The van der Waals surface area contributed by atoms with E-state index in [9.17, 15) is 9.90 Å². The Labute approximate surface area is 152 Å². The molecule has 26 heavy (non-hydrogen) atoms. The van der Waals surface area contributed by atoms with Crippen molar-refractivity contribution in [2.75, 3.05) is 20.2 Å². The molecule has 4 heterocycles. The first kappa shape index (κ1) is 16.1. The van der Waals surface area contributed by atoms with Crippen LogP contribution in [0, 0.1) is 5.41 Å². The van der Waals surface area contributed by atoms with Crippen LogP contribution in [0.25, 0.3) is 10.9 Å². The van der Waals surface area contributed by atoms with Crippen molar-refractivity contribution in [1.29, 1.82) is 0 Å². The third-order valence-corrected chi connectivity index (χ3v) is 6.74. The van der Waals surface area contributed by atoms with Crippen LogP contribution in [0.2, 0.25) is 0 Å². The predicted octanol–water partition coefficient (Wildman–Crippen LogP) is 2.73. The minimum absolute atomic E-state index is 0.193. The SMILES string of the molecule is CC[C@]12C=CCN3CCc4c(n(c5ccccc45)[C@](O)(C(=O)OC)C1)[C@H]32. The summed E-state index contributed by atoms with van der Waals surface area (Å²) in [5, 5.41) is 12.8. The van der Waals surface area contributed by atoms with Gasteiger partial charge in [-0.15, -0.1) is 0 Å². The van der Waals surface area contributed by atoms with E-state index in [1.807, 2.05) is 22.8 Å². The molecular formula is C21H24N2O3. The maximum Gasteiger partial charge on any atom is 0.359 e. The van der Waals surface area contributed by atoms with Crippen LogP contribution in [0.15, 0.2) is 36.4 Å². The van der Waals surface area contributed by atoms with Gasteiger partial charge in [0.05, 0.1) is 18.7 Å². The Balaban J connectivity index is 1.92. The molecule has 0 saturated carbocycles. The number of para-hydroxylation sites is 1. The number of carbonyl (C=O) groups is 1. The van der Waals surface area contributed by atoms with Crippen molar-refractivity contribution in [3.8, 4) is 0 Å². The first-order chi connectivity index (χ1) is 12.6. The molecule has 0 saturated heterocycles. The topological polar surface area (TPSA) is 54.7 Å². The minimum Gasteiger partial charge on any atom is -0.465 e. The van der Waals surface area contributed by atoms with Gasteiger partial charge in [0.1, 0.15) is 0 Å². The van der Waals surface area contributed by atoms with Gasteiger partial charge in [-0.2, -0.15) is 0 Å². The summed E-state index contributed by atoms with van der Waals surface area (Å²) in [4.78, 5) is 15.3. The average molecular weight is 352 g/mol. The third-order valence-electron chi connectivity index (χ3n) is 6.74. The zero-order valence-electron chi connectivity index (χ0n) is 15.2. The molecule has 5 nitrogen and oxygen atoms in total. The number of methoxy groups -OCH3 is 1. The molecule has 136 valence electrons. The Morgan fingerprint density at radius 1 is 1.38 bits per heavy atom. The van der Waals surface area contributed by atoms with Crippen molar-refractivity contribution in [3.63, 3.8) is 0 Å². The first-order valence-electron chi connectivity index (χ1n) is 9.41. The number of benzene rings is 1. The van der Waals surface area contributed by atoms with Crippen LogP contribution in [-0.2, 0) is 21.7 Å². The van der Waals surface area contributed by atoms with E-state index in [4.69, 9.17) is 4.74 Å². The summed E-state index contributed by atoms with van der Waals surface area (Å²) in [7, 11) is 1.35. The number of esters is 1. The van der Waals surface area contributed by atoms with E-state index in [2.05, 4.69) is 30.0 Å². The number of nitrogens with zero attached hydrogens (tertiary/aromatic N) is 2. The van der Waals surface area contributed by atoms with Crippen LogP contribution in [0.5, 0.6) is 0 Å². The van der Waals surface area contributed by atoms with Crippen LogP contribution in [-0.4, -0.2) is 40.7 Å². The highest BCUT2D eigenvalue weighted by molar-refractivity contribution is 5.90. The number of hydrogen-bond acceptors (Lipinski definition) is 4. The van der Waals surface area contributed by atoms with E-state index in [1.54, 1.807) is 0 Å². The summed E-state index contributed by atoms with van der Waals surface area (Å²) in [5.74, 6) is -0.580. The number of ether oxygens (including phenoxy) is 1. The lowest BCUT2D eigenvalue weighted by Crippen LogP contribution is -2.58. The molecule has 5 heteroatoms. The van der Waals surface area contributed by atoms with Gasteiger partial charge in [-0.1, -0.05) is 37.3 Å². The maximum atomic E-state index is 12.8. The molecule has 1 aromatic heterocycles. The van der Waals surface area contributed by atoms with Gasteiger partial charge in [0.25, 0.3) is 0 Å². The van der Waals surface area contributed by atoms with E-state index < -0.39 is 11.7 Å². The smallest absolute Gasteiger partial charge is 0.359 e. The molecule has 5 rings (SSSR count). The molecule has 3 aliphatic heterocycles. The fourth-order valence-electron chi connectivity index (χ4n) is 5.64. The molecule has 0 spiro atoms. The molecule has 3 atom stereocenters. The monoisotopic (exact) mass is 352 g/mol. The van der Waals surface area contributed by atoms with Gasteiger partial charge in [0.15, 0.2) is 0 Å². The van der Waals surface area contributed by atoms with E-state index >= 15 is 0 Å². The zero-order chi connectivity index (χ0) is 18.1. The number of rotatable bonds is 2. The first-order valence-corrected chi connectivity index (χ1v) is 9.41. The molecule has 1 N–H and O–H groups in total. The van der Waals surface area contributed by atoms with Crippen LogP contribution < -0.4 is 0 Å². The van der Waals surface area contributed by atoms with Crippen LogP contribution in [0.3, 0.4) is 0 Å². The van der Waals surface area contributed by atoms with Gasteiger partial charge in [0.2, 0.25) is 5.72 Å². The molecule has 0 amide bonds. The summed E-state index contributed by atoms with van der Waals surface area (Å²) >= 11 is 0. The zero-order valence-corrected chi connectivity index (χ0v) is 15.2. The highest BCUT2D eigenvalue weighted by atomic mass is 16.5. The summed E-state index contributed by atoms with van der Waals surface area (Å²) in [6, 6.07) is 8.30. The predicted molar refractivity (Wildman–Crippen MR) is 98.6 cm³/mol. The van der Waals surface area contributed by atoms with Crippen molar-refractivity contribution >= 4 is 16.9 Å². The normalized spacial score (nSPS) is 32.5. The molecule has 0 radical (unpaired) electrons. The van der Waals surface area contributed by atoms with E-state index in [1.165, 1.54) is 12.7 Å². The molecule has 1 aromatic carbocycles. The number of aromatic nitrogens is 1. The van der Waals surface area contributed by atoms with Crippen molar-refractivity contribution in [3.05, 3.63) is 47.7 Å². The molecule has 0 unspecified atom stereocenters. The van der Waals surface area contributed by atoms with E-state index in [-0.39, 0.29) is 11.5 Å². The molecule has 2 aromatic rings. The fraction of sp³-hybridized carbons (Fsp3) is 0.476. The van der Waals surface area contributed by atoms with Crippen molar-refractivity contribution < 1.29 is 14.6 Å². The average Bonchev–Trinajstić information content (AvgIpc) is 3.02. The van der Waals surface area contributed by atoms with E-state index in [0.717, 1.165) is 42.5 Å². The van der Waals surface area contributed by atoms with Crippen molar-refractivity contribution in [2.45, 2.75) is 38.0 Å². The largest absolute Gasteiger partial charge is 0.465 e. The summed E-state index contributed by atoms with van der Waals surface area (Å²) in [5.41, 5.74) is 1.35. The Morgan fingerprint density at radius 3 is 2.96 bits per heavy atom. The Bertz CT molecular complexity index is 946. The number of aliphatic hydroxyl groups is 1. The fourth-order valence-corrected chi connectivity index (χ4v) is 5.64. The second kappa shape index (κ2) is 5.21. The molecule has 0 fully saturated rings. The Morgan fingerprint density at radius 2 is 2.19 bits per heavy atom. The molecule has 0 aliphatic carbocycles. The van der Waals surface area contributed by atoms with Gasteiger partial charge in [0, 0.05) is 36.0 Å². The number of hydrogen-bond donors (Lipinski definition) is 1. The highest BCUT2D eigenvalue weighted by Gasteiger charge is 2.59.